The quantitative estimate of drug-likeness (QED) is 0.520. The van der Waals surface area contributed by atoms with Gasteiger partial charge in [0.25, 0.3) is 0 Å². The molecule has 1 N–H and O–H groups in total. The highest BCUT2D eigenvalue weighted by Crippen LogP contribution is 2.17. The van der Waals surface area contributed by atoms with Crippen LogP contribution in [-0.2, 0) is 11.9 Å². The van der Waals surface area contributed by atoms with Crippen molar-refractivity contribution in [2.24, 2.45) is 12.2 Å². The first kappa shape index (κ1) is 13.3. The van der Waals surface area contributed by atoms with Crippen molar-refractivity contribution in [3.8, 4) is 11.4 Å². The zero-order valence-corrected chi connectivity index (χ0v) is 11.2. The third-order valence-corrected chi connectivity index (χ3v) is 2.62. The first-order valence-electron chi connectivity index (χ1n) is 6.05. The second-order valence-electron chi connectivity index (χ2n) is 4.31. The number of oxime groups is 1. The molecule has 0 saturated heterocycles. The van der Waals surface area contributed by atoms with E-state index >= 15 is 0 Å². The number of hydrogen-bond acceptors (Lipinski definition) is 4. The second-order valence-corrected chi connectivity index (χ2v) is 4.31. The minimum Gasteiger partial charge on any atom is -0.364 e. The fraction of sp³-hybridized carbons (Fsp3) is 0.286. The van der Waals surface area contributed by atoms with E-state index in [4.69, 9.17) is 9.94 Å². The Morgan fingerprint density at radius 3 is 2.68 bits per heavy atom. The van der Waals surface area contributed by atoms with Gasteiger partial charge in [-0.05, 0) is 6.92 Å². The Morgan fingerprint density at radius 1 is 1.37 bits per heavy atom. The Kier molecular flexibility index (Phi) is 3.97. The summed E-state index contributed by atoms with van der Waals surface area (Å²) in [4.78, 5) is 9.34. The van der Waals surface area contributed by atoms with E-state index in [1.54, 1.807) is 6.92 Å². The molecule has 5 heteroatoms. The van der Waals surface area contributed by atoms with Gasteiger partial charge in [0.2, 0.25) is 6.29 Å². The van der Waals surface area contributed by atoms with Gasteiger partial charge in [-0.15, -0.1) is 0 Å². The summed E-state index contributed by atoms with van der Waals surface area (Å²) in [6.07, 6.45) is 0.958. The zero-order valence-electron chi connectivity index (χ0n) is 11.2. The lowest BCUT2D eigenvalue weighted by molar-refractivity contribution is -0.0837. The van der Waals surface area contributed by atoms with Crippen LogP contribution in [0, 0.1) is 0 Å². The predicted octanol–water partition coefficient (Wildman–Crippen LogP) is 2.17. The summed E-state index contributed by atoms with van der Waals surface area (Å²) in [6.45, 7) is 3.30. The van der Waals surface area contributed by atoms with Crippen LogP contribution in [0.5, 0.6) is 0 Å². The molecule has 0 saturated carbocycles. The van der Waals surface area contributed by atoms with Gasteiger partial charge >= 0.3 is 0 Å². The largest absolute Gasteiger partial charge is 0.364 e. The lowest BCUT2D eigenvalue weighted by atomic mass is 10.2. The topological polar surface area (TPSA) is 59.6 Å². The normalized spacial score (nSPS) is 13.4. The lowest BCUT2D eigenvalue weighted by Crippen LogP contribution is -2.04. The van der Waals surface area contributed by atoms with E-state index in [-0.39, 0.29) is 0 Å². The Hall–Kier alpha value is -2.14. The highest BCUT2D eigenvalue weighted by Gasteiger charge is 2.10. The van der Waals surface area contributed by atoms with E-state index in [0.717, 1.165) is 17.1 Å². The number of aromatic nitrogens is 2. The molecule has 1 aromatic heterocycles. The van der Waals surface area contributed by atoms with E-state index in [9.17, 15) is 0 Å². The fourth-order valence-corrected chi connectivity index (χ4v) is 1.70. The molecule has 2 aromatic rings. The number of aliphatic hydroxyl groups excluding tert-OH is 1. The minimum absolute atomic E-state index is 0.624. The van der Waals surface area contributed by atoms with Gasteiger partial charge in [0, 0.05) is 25.7 Å². The average molecular weight is 259 g/mol. The summed E-state index contributed by atoms with van der Waals surface area (Å²) in [5.74, 6) is 0.863. The first-order chi connectivity index (χ1) is 9.08. The number of imidazole rings is 1. The number of aliphatic hydroxyl groups is 1. The Morgan fingerprint density at radius 2 is 2.05 bits per heavy atom. The maximum Gasteiger partial charge on any atom is 0.221 e. The molecule has 0 fully saturated rings. The van der Waals surface area contributed by atoms with E-state index < -0.39 is 6.29 Å². The Bertz CT molecular complexity index is 574. The minimum atomic E-state index is -0.924. The van der Waals surface area contributed by atoms with E-state index in [2.05, 4.69) is 10.1 Å². The molecule has 100 valence electrons. The van der Waals surface area contributed by atoms with E-state index in [1.807, 2.05) is 48.1 Å². The number of nitrogens with zero attached hydrogens (tertiary/aromatic N) is 3. The molecule has 19 heavy (non-hydrogen) atoms. The third kappa shape index (κ3) is 3.20. The molecule has 1 unspecified atom stereocenters. The second kappa shape index (κ2) is 5.67. The van der Waals surface area contributed by atoms with Crippen molar-refractivity contribution < 1.29 is 9.94 Å². The Balaban J connectivity index is 2.29. The van der Waals surface area contributed by atoms with Crippen molar-refractivity contribution in [2.75, 3.05) is 0 Å². The lowest BCUT2D eigenvalue weighted by Gasteiger charge is -2.01. The summed E-state index contributed by atoms with van der Waals surface area (Å²) >= 11 is 0. The van der Waals surface area contributed by atoms with Crippen LogP contribution in [0.4, 0.5) is 0 Å². The molecule has 1 atom stereocenters. The molecule has 0 aliphatic heterocycles. The average Bonchev–Trinajstić information content (AvgIpc) is 2.79. The van der Waals surface area contributed by atoms with Gasteiger partial charge in [0.1, 0.15) is 17.2 Å². The number of rotatable bonds is 4. The molecule has 2 rings (SSSR count). The van der Waals surface area contributed by atoms with Gasteiger partial charge < -0.3 is 14.5 Å². The predicted molar refractivity (Wildman–Crippen MR) is 73.6 cm³/mol. The highest BCUT2D eigenvalue weighted by atomic mass is 16.7. The van der Waals surface area contributed by atoms with Crippen molar-refractivity contribution in [3.63, 3.8) is 0 Å². The van der Waals surface area contributed by atoms with Crippen LogP contribution in [0.15, 0.2) is 41.7 Å². The van der Waals surface area contributed by atoms with Crippen molar-refractivity contribution >= 4 is 5.71 Å². The van der Waals surface area contributed by atoms with E-state index in [0.29, 0.717) is 5.71 Å². The maximum atomic E-state index is 9.03. The summed E-state index contributed by atoms with van der Waals surface area (Å²) in [6, 6.07) is 9.93. The van der Waals surface area contributed by atoms with Gasteiger partial charge in [0.15, 0.2) is 0 Å². The molecule has 1 heterocycles. The van der Waals surface area contributed by atoms with Crippen LogP contribution < -0.4 is 0 Å². The van der Waals surface area contributed by atoms with Crippen molar-refractivity contribution in [1.29, 1.82) is 0 Å². The van der Waals surface area contributed by atoms with Crippen LogP contribution in [0.25, 0.3) is 11.4 Å². The standard InChI is InChI=1S/C14H17N3O2/c1-10(16-19-11(2)18)13-9-17(3)14(15-13)12-7-5-4-6-8-12/h4-9,11,18H,1-3H3. The van der Waals surface area contributed by atoms with Gasteiger partial charge in [-0.3, -0.25) is 0 Å². The molecule has 1 aromatic carbocycles. The Labute approximate surface area is 112 Å². The van der Waals surface area contributed by atoms with Crippen LogP contribution in [0.2, 0.25) is 0 Å². The smallest absolute Gasteiger partial charge is 0.221 e. The zero-order chi connectivity index (χ0) is 13.8. The molecule has 5 nitrogen and oxygen atoms in total. The number of hydrogen-bond donors (Lipinski definition) is 1. The summed E-state index contributed by atoms with van der Waals surface area (Å²) in [5, 5.41) is 12.9. The molecule has 0 aliphatic rings. The van der Waals surface area contributed by atoms with Gasteiger partial charge in [-0.2, -0.15) is 0 Å². The molecule has 0 amide bonds. The van der Waals surface area contributed by atoms with Crippen molar-refractivity contribution in [1.82, 2.24) is 9.55 Å². The summed E-state index contributed by atoms with van der Waals surface area (Å²) < 4.78 is 1.94. The molecule has 0 bridgehead atoms. The molecule has 0 spiro atoms. The van der Waals surface area contributed by atoms with E-state index in [1.165, 1.54) is 6.92 Å². The summed E-state index contributed by atoms with van der Waals surface area (Å²) in [5.41, 5.74) is 2.39. The SMILES string of the molecule is CC(=NOC(C)O)c1cn(C)c(-c2ccccc2)n1. The molecule has 0 aliphatic carbocycles. The maximum absolute atomic E-state index is 9.03. The van der Waals surface area contributed by atoms with Crippen LogP contribution in [-0.4, -0.2) is 26.7 Å². The van der Waals surface area contributed by atoms with Crippen LogP contribution in [0.3, 0.4) is 0 Å². The fourth-order valence-electron chi connectivity index (χ4n) is 1.70. The summed E-state index contributed by atoms with van der Waals surface area (Å²) in [7, 11) is 1.93. The highest BCUT2D eigenvalue weighted by molar-refractivity contribution is 5.96. The third-order valence-electron chi connectivity index (χ3n) is 2.62. The van der Waals surface area contributed by atoms with Gasteiger partial charge in [-0.25, -0.2) is 4.98 Å². The van der Waals surface area contributed by atoms with Crippen molar-refractivity contribution in [3.05, 3.63) is 42.2 Å². The van der Waals surface area contributed by atoms with Gasteiger partial charge in [-0.1, -0.05) is 35.5 Å². The molecular formula is C14H17N3O2. The number of benzene rings is 1. The van der Waals surface area contributed by atoms with Crippen molar-refractivity contribution in [2.45, 2.75) is 20.1 Å². The molecule has 0 radical (unpaired) electrons. The van der Waals surface area contributed by atoms with Crippen LogP contribution >= 0.6 is 0 Å². The number of aryl methyl sites for hydroxylation is 1. The molecular weight excluding hydrogens is 242 g/mol. The van der Waals surface area contributed by atoms with Gasteiger partial charge in [0.05, 0.1) is 0 Å². The van der Waals surface area contributed by atoms with Crippen LogP contribution in [0.1, 0.15) is 19.5 Å². The first-order valence-corrected chi connectivity index (χ1v) is 6.05. The monoisotopic (exact) mass is 259 g/mol.